The van der Waals surface area contributed by atoms with Crippen molar-refractivity contribution in [1.29, 1.82) is 0 Å². The smallest absolute Gasteiger partial charge is 0.475 e. The molecule has 0 bridgehead atoms. The van der Waals surface area contributed by atoms with Crippen LogP contribution in [0.1, 0.15) is 22.8 Å². The van der Waals surface area contributed by atoms with Gasteiger partial charge in [0.05, 0.1) is 19.4 Å². The Hall–Kier alpha value is -5.25. The van der Waals surface area contributed by atoms with Crippen LogP contribution in [-0.2, 0) is 37.0 Å². The fraction of sp³-hybridized carbons (Fsp3) is 0.379. The molecule has 280 valence electrons. The maximum atomic E-state index is 13.8. The number of rotatable bonds is 5. The van der Waals surface area contributed by atoms with Gasteiger partial charge in [0.25, 0.3) is 5.91 Å². The number of furan rings is 1. The fourth-order valence-corrected chi connectivity index (χ4v) is 4.60. The molecule has 0 aliphatic carbocycles. The lowest BCUT2D eigenvalue weighted by Gasteiger charge is -2.42. The second kappa shape index (κ2) is 17.6. The lowest BCUT2D eigenvalue weighted by molar-refractivity contribution is -0.193. The molecule has 2 unspecified atom stereocenters. The number of ether oxygens (including phenoxy) is 1. The third-order valence-corrected chi connectivity index (χ3v) is 6.73. The number of carboxylic acid groups (broad SMARTS) is 3. The summed E-state index contributed by atoms with van der Waals surface area (Å²) in [4.78, 5) is 53.0. The van der Waals surface area contributed by atoms with Gasteiger partial charge in [0.1, 0.15) is 5.76 Å². The van der Waals surface area contributed by atoms with E-state index in [0.717, 1.165) is 16.9 Å². The van der Waals surface area contributed by atoms with Crippen LogP contribution in [0.3, 0.4) is 0 Å². The van der Waals surface area contributed by atoms with Crippen LogP contribution in [0, 0.1) is 0 Å². The number of nitrogens with zero attached hydrogens (tertiary/aromatic N) is 4. The summed E-state index contributed by atoms with van der Waals surface area (Å²) in [6.45, 7) is 3.54. The van der Waals surface area contributed by atoms with Crippen LogP contribution in [0.15, 0.2) is 71.9 Å². The molecule has 51 heavy (non-hydrogen) atoms. The second-order valence-corrected chi connectivity index (χ2v) is 10.3. The molecule has 2 aliphatic rings. The second-order valence-electron chi connectivity index (χ2n) is 10.3. The molecule has 3 N–H and O–H groups in total. The van der Waals surface area contributed by atoms with E-state index < -0.39 is 42.0 Å². The Kier molecular flexibility index (Phi) is 14.5. The fourth-order valence-electron chi connectivity index (χ4n) is 4.60. The topological polar surface area (TPSA) is 184 Å². The van der Waals surface area contributed by atoms with E-state index in [-0.39, 0.29) is 11.8 Å². The number of amides is 1. The van der Waals surface area contributed by atoms with Crippen LogP contribution in [0.5, 0.6) is 0 Å². The maximum Gasteiger partial charge on any atom is 0.490 e. The number of morpholine rings is 1. The Labute approximate surface area is 280 Å². The number of carbonyl (C=O) groups excluding carboxylic acids is 1. The van der Waals surface area contributed by atoms with E-state index >= 15 is 0 Å². The highest BCUT2D eigenvalue weighted by Crippen LogP contribution is 2.42. The van der Waals surface area contributed by atoms with Gasteiger partial charge in [-0.3, -0.25) is 19.7 Å². The minimum Gasteiger partial charge on any atom is -0.475 e. The molecule has 5 heterocycles. The Morgan fingerprint density at radius 3 is 1.80 bits per heavy atom. The molecular weight excluding hydrogens is 719 g/mol. The summed E-state index contributed by atoms with van der Waals surface area (Å²) in [5.74, 6) is -7.43. The Bertz CT molecular complexity index is 1520. The van der Waals surface area contributed by atoms with E-state index in [4.69, 9.17) is 38.9 Å². The number of hydrogen-bond acceptors (Lipinski definition) is 9. The molecule has 2 fully saturated rings. The number of hydrogen-bond donors (Lipinski definition) is 3. The zero-order chi connectivity index (χ0) is 38.6. The average Bonchev–Trinajstić information content (AvgIpc) is 3.68. The summed E-state index contributed by atoms with van der Waals surface area (Å²) >= 11 is 0. The largest absolute Gasteiger partial charge is 0.490 e. The molecule has 0 saturated carbocycles. The third-order valence-electron chi connectivity index (χ3n) is 6.73. The molecule has 1 amide bonds. The van der Waals surface area contributed by atoms with Gasteiger partial charge in [-0.25, -0.2) is 14.4 Å². The number of aromatic nitrogens is 2. The lowest BCUT2D eigenvalue weighted by atomic mass is 9.83. The zero-order valence-electron chi connectivity index (χ0n) is 25.7. The van der Waals surface area contributed by atoms with Gasteiger partial charge in [-0.15, -0.1) is 0 Å². The standard InChI is InChI=1S/C23H24N4O3.3C2HF3O2/c28-22-23(30-12-10-27(22)14-18-5-8-24-9-6-18)17-26(15-20-4-2-11-29-20)16-21(23)19-3-1-7-25-13-19;3*3-2(4,5)1(6)7/h1-9,11,13,21H,10,12,14-17H2;3*(H,6,7). The molecule has 5 rings (SSSR count). The summed E-state index contributed by atoms with van der Waals surface area (Å²) in [5, 5.41) is 21.4. The monoisotopic (exact) mass is 746 g/mol. The molecule has 3 aromatic rings. The van der Waals surface area contributed by atoms with Crippen LogP contribution in [0.2, 0.25) is 0 Å². The predicted molar refractivity (Wildman–Crippen MR) is 150 cm³/mol. The van der Waals surface area contributed by atoms with Crippen molar-refractivity contribution >= 4 is 23.8 Å². The molecule has 0 aromatic carbocycles. The van der Waals surface area contributed by atoms with Gasteiger partial charge in [0.2, 0.25) is 0 Å². The SMILES string of the molecule is O=C(O)C(F)(F)F.O=C(O)C(F)(F)F.O=C(O)C(F)(F)F.O=C1N(Cc2ccncc2)CCOC12CN(Cc1ccco1)CC2c1cccnc1. The summed E-state index contributed by atoms with van der Waals surface area (Å²) in [5.41, 5.74) is 1.18. The predicted octanol–water partition coefficient (Wildman–Crippen LogP) is 4.37. The van der Waals surface area contributed by atoms with E-state index in [2.05, 4.69) is 14.9 Å². The van der Waals surface area contributed by atoms with Gasteiger partial charge in [-0.1, -0.05) is 6.07 Å². The first-order chi connectivity index (χ1) is 23.6. The highest BCUT2D eigenvalue weighted by Gasteiger charge is 2.57. The van der Waals surface area contributed by atoms with Crippen molar-refractivity contribution in [3.8, 4) is 0 Å². The summed E-state index contributed by atoms with van der Waals surface area (Å²) in [6, 6.07) is 11.7. The highest BCUT2D eigenvalue weighted by molar-refractivity contribution is 5.88. The van der Waals surface area contributed by atoms with Crippen LogP contribution in [-0.4, -0.2) is 109 Å². The molecule has 22 heteroatoms. The van der Waals surface area contributed by atoms with Crippen LogP contribution >= 0.6 is 0 Å². The number of pyridine rings is 2. The van der Waals surface area contributed by atoms with E-state index in [1.54, 1.807) is 24.9 Å². The van der Waals surface area contributed by atoms with Crippen molar-refractivity contribution in [2.24, 2.45) is 0 Å². The van der Waals surface area contributed by atoms with Gasteiger partial charge in [0.15, 0.2) is 5.60 Å². The average molecular weight is 747 g/mol. The molecular formula is C29H27F9N4O9. The Morgan fingerprint density at radius 2 is 1.35 bits per heavy atom. The summed E-state index contributed by atoms with van der Waals surface area (Å²) in [6.07, 6.45) is -6.45. The number of alkyl halides is 9. The van der Waals surface area contributed by atoms with Gasteiger partial charge in [0, 0.05) is 56.9 Å². The van der Waals surface area contributed by atoms with E-state index in [1.165, 1.54) is 0 Å². The van der Waals surface area contributed by atoms with Crippen molar-refractivity contribution in [2.45, 2.75) is 43.1 Å². The van der Waals surface area contributed by atoms with Crippen molar-refractivity contribution in [1.82, 2.24) is 19.8 Å². The summed E-state index contributed by atoms with van der Waals surface area (Å²) < 4.78 is 107. The molecule has 2 saturated heterocycles. The van der Waals surface area contributed by atoms with Crippen molar-refractivity contribution < 1.29 is 83.2 Å². The first-order valence-corrected chi connectivity index (χ1v) is 13.9. The number of carboxylic acids is 3. The molecule has 0 radical (unpaired) electrons. The van der Waals surface area contributed by atoms with Gasteiger partial charge < -0.3 is 29.4 Å². The van der Waals surface area contributed by atoms with Crippen LogP contribution in [0.4, 0.5) is 39.5 Å². The molecule has 2 aliphatic heterocycles. The maximum absolute atomic E-state index is 13.8. The van der Waals surface area contributed by atoms with Crippen LogP contribution in [0.25, 0.3) is 0 Å². The first-order valence-electron chi connectivity index (χ1n) is 13.9. The normalized spacial score (nSPS) is 19.1. The first kappa shape index (κ1) is 41.9. The minimum atomic E-state index is -5.08. The molecule has 13 nitrogen and oxygen atoms in total. The number of likely N-dealkylation sites (tertiary alicyclic amines) is 1. The van der Waals surface area contributed by atoms with Gasteiger partial charge >= 0.3 is 36.4 Å². The van der Waals surface area contributed by atoms with Gasteiger partial charge in [-0.2, -0.15) is 39.5 Å². The third kappa shape index (κ3) is 12.9. The van der Waals surface area contributed by atoms with Gasteiger partial charge in [-0.05, 0) is 41.5 Å². The van der Waals surface area contributed by atoms with Crippen molar-refractivity contribution in [3.63, 3.8) is 0 Å². The minimum absolute atomic E-state index is 0.0429. The van der Waals surface area contributed by atoms with E-state index in [1.807, 2.05) is 47.5 Å². The van der Waals surface area contributed by atoms with Crippen molar-refractivity contribution in [2.75, 3.05) is 26.2 Å². The zero-order valence-corrected chi connectivity index (χ0v) is 25.7. The lowest BCUT2D eigenvalue weighted by Crippen LogP contribution is -2.59. The molecule has 2 atom stereocenters. The quantitative estimate of drug-likeness (QED) is 0.314. The number of carbonyl (C=O) groups is 4. The molecule has 3 aromatic heterocycles. The summed E-state index contributed by atoms with van der Waals surface area (Å²) in [7, 11) is 0. The Morgan fingerprint density at radius 1 is 0.804 bits per heavy atom. The van der Waals surface area contributed by atoms with E-state index in [0.29, 0.717) is 39.3 Å². The van der Waals surface area contributed by atoms with Crippen LogP contribution < -0.4 is 0 Å². The Balaban J connectivity index is 0.000000352. The van der Waals surface area contributed by atoms with E-state index in [9.17, 15) is 44.3 Å². The molecule has 1 spiro atoms. The number of aliphatic carboxylic acids is 3. The van der Waals surface area contributed by atoms with Crippen molar-refractivity contribution in [3.05, 3.63) is 84.3 Å². The number of halogens is 9. The highest BCUT2D eigenvalue weighted by atomic mass is 19.4.